The first-order chi connectivity index (χ1) is 69.1. The fraction of sp³-hybridized carbons (Fsp3) is 0.518. The summed E-state index contributed by atoms with van der Waals surface area (Å²) < 4.78 is 57.8. The number of hydrogen-bond donors (Lipinski definition) is 0. The molecule has 0 N–H and O–H groups in total. The van der Waals surface area contributed by atoms with Crippen molar-refractivity contribution in [3.05, 3.63) is 167 Å². The quantitative estimate of drug-likeness (QED) is 0.0978. The molecule has 12 aromatic rings. The molecule has 0 radical (unpaired) electrons. The Morgan fingerprint density at radius 3 is 0.866 bits per heavy atom. The van der Waals surface area contributed by atoms with E-state index in [1.807, 2.05) is 81.6 Å². The predicted molar refractivity (Wildman–Crippen MR) is 545 cm³/mol. The van der Waals surface area contributed by atoms with E-state index in [1.54, 1.807) is 32.6 Å². The molecule has 2 unspecified atom stereocenters. The highest BCUT2D eigenvalue weighted by molar-refractivity contribution is 6.01. The third kappa shape index (κ3) is 19.5. The second-order valence-electron chi connectivity index (χ2n) is 41.5. The molecule has 30 nitrogen and oxygen atoms in total. The molecule has 8 saturated heterocycles. The summed E-state index contributed by atoms with van der Waals surface area (Å²) in [5, 5.41) is 29.6. The summed E-state index contributed by atoms with van der Waals surface area (Å²) >= 11 is 0. The van der Waals surface area contributed by atoms with Gasteiger partial charge in [0.1, 0.15) is 23.3 Å². The molecule has 142 heavy (non-hydrogen) atoms. The zero-order chi connectivity index (χ0) is 97.7. The number of carbonyl (C=O) groups excluding carboxylic acids is 5. The molecule has 746 valence electrons. The number of halogens is 2. The van der Waals surface area contributed by atoms with E-state index in [9.17, 15) is 32.8 Å². The molecule has 8 aromatic heterocycles. The third-order valence-electron chi connectivity index (χ3n) is 32.0. The lowest BCUT2D eigenvalue weighted by molar-refractivity contribution is -0.132. The van der Waals surface area contributed by atoms with Crippen LogP contribution in [0.15, 0.2) is 122 Å². The van der Waals surface area contributed by atoms with E-state index < -0.39 is 12.3 Å². The zero-order valence-electron chi connectivity index (χ0n) is 83.3. The lowest BCUT2D eigenvalue weighted by Crippen LogP contribution is -2.35. The van der Waals surface area contributed by atoms with Crippen molar-refractivity contribution >= 4 is 95.9 Å². The SMILES string of the molecule is CC(=O)N1CCc2c(c(-c3cccc4cc(N5CCC(C(=O)N(C)C)C5)ncc34)nn2C2CCOCC2)C1.CC(=O)N1CCc2c(c(-c3cccc4cc(N5CCC(C(F)F)C5)ncc34)nn2C2CCOCC2)C1.CC(=O)N1CCc2c(c(-c3cccc4cc(N5CC[C@@H](C)C5)ncc34)nn2C2CCOCC2)C1.CC(=O)N1CCc2c(c(-c3cccc4cc(N5CC[C@H](C)C5)ncc34)nn2C2CCOCC2)C1. The Labute approximate surface area is 828 Å². The summed E-state index contributed by atoms with van der Waals surface area (Å²) in [4.78, 5) is 99.1. The zero-order valence-corrected chi connectivity index (χ0v) is 83.3. The van der Waals surface area contributed by atoms with Crippen molar-refractivity contribution in [1.29, 1.82) is 0 Å². The smallest absolute Gasteiger partial charge is 0.243 e. The van der Waals surface area contributed by atoms with Crippen molar-refractivity contribution in [3.8, 4) is 45.0 Å². The van der Waals surface area contributed by atoms with Crippen LogP contribution in [0.5, 0.6) is 0 Å². The fourth-order valence-electron chi connectivity index (χ4n) is 23.8. The van der Waals surface area contributed by atoms with Crippen LogP contribution in [-0.4, -0.2) is 265 Å². The number of rotatable bonds is 14. The molecule has 0 bridgehead atoms. The van der Waals surface area contributed by atoms with Crippen LogP contribution in [0, 0.1) is 23.7 Å². The summed E-state index contributed by atoms with van der Waals surface area (Å²) in [5.41, 5.74) is 17.8. The molecular formula is C110H133F2N21O9. The van der Waals surface area contributed by atoms with E-state index >= 15 is 0 Å². The van der Waals surface area contributed by atoms with Gasteiger partial charge in [0.25, 0.3) is 0 Å². The van der Waals surface area contributed by atoms with E-state index in [4.69, 9.17) is 54.3 Å². The number of nitrogens with zero attached hydrogens (tertiary/aromatic N) is 21. The highest BCUT2D eigenvalue weighted by Crippen LogP contribution is 2.46. The summed E-state index contributed by atoms with van der Waals surface area (Å²) in [6, 6.07) is 35.2. The van der Waals surface area contributed by atoms with Crippen LogP contribution in [0.25, 0.3) is 88.1 Å². The van der Waals surface area contributed by atoms with Crippen LogP contribution in [-0.2, 0) is 94.8 Å². The van der Waals surface area contributed by atoms with Crippen molar-refractivity contribution in [2.45, 2.75) is 201 Å². The summed E-state index contributed by atoms with van der Waals surface area (Å²) in [6.45, 7) is 29.4. The van der Waals surface area contributed by atoms with E-state index in [0.717, 1.165) is 300 Å². The monoisotopic (exact) mass is 1930 g/mol. The van der Waals surface area contributed by atoms with Gasteiger partial charge in [-0.05, 0) is 135 Å². The largest absolute Gasteiger partial charge is 0.381 e. The van der Waals surface area contributed by atoms with Gasteiger partial charge in [-0.3, -0.25) is 42.7 Å². The maximum absolute atomic E-state index is 13.2. The fourth-order valence-corrected chi connectivity index (χ4v) is 23.8. The molecule has 12 aliphatic rings. The van der Waals surface area contributed by atoms with E-state index in [-0.39, 0.29) is 35.5 Å². The molecule has 4 atom stereocenters. The number of hydrogen-bond acceptors (Lipinski definition) is 21. The van der Waals surface area contributed by atoms with Gasteiger partial charge in [0.2, 0.25) is 36.0 Å². The lowest BCUT2D eigenvalue weighted by atomic mass is 9.97. The molecule has 12 aliphatic heterocycles. The van der Waals surface area contributed by atoms with Crippen LogP contribution in [0.4, 0.5) is 32.1 Å². The number of aromatic nitrogens is 12. The number of fused-ring (bicyclic) bond motifs is 8. The lowest BCUT2D eigenvalue weighted by Gasteiger charge is -2.29. The maximum atomic E-state index is 13.2. The van der Waals surface area contributed by atoms with E-state index in [2.05, 4.69) is 131 Å². The predicted octanol–water partition coefficient (Wildman–Crippen LogP) is 16.1. The average Bonchev–Trinajstić information content (AvgIpc) is 1.61. The van der Waals surface area contributed by atoms with Crippen LogP contribution in [0.2, 0.25) is 0 Å². The Hall–Kier alpha value is -12.4. The number of alkyl halides is 2. The van der Waals surface area contributed by atoms with Crippen molar-refractivity contribution < 1.29 is 51.7 Å². The minimum absolute atomic E-state index is 0.0127. The molecule has 20 heterocycles. The van der Waals surface area contributed by atoms with Crippen molar-refractivity contribution in [3.63, 3.8) is 0 Å². The van der Waals surface area contributed by atoms with Gasteiger partial charge in [-0.25, -0.2) is 28.7 Å². The Bertz CT molecular complexity index is 6510. The van der Waals surface area contributed by atoms with Gasteiger partial charge in [-0.1, -0.05) is 86.6 Å². The van der Waals surface area contributed by atoms with Crippen LogP contribution in [0.1, 0.15) is 188 Å². The topological polar surface area (TPSA) is 274 Å². The van der Waals surface area contributed by atoms with Crippen LogP contribution in [0.3, 0.4) is 0 Å². The second-order valence-corrected chi connectivity index (χ2v) is 41.5. The third-order valence-corrected chi connectivity index (χ3v) is 32.0. The number of anilines is 4. The summed E-state index contributed by atoms with van der Waals surface area (Å²) in [6.07, 6.45) is 20.3. The molecule has 0 spiro atoms. The number of ether oxygens (including phenoxy) is 4. The van der Waals surface area contributed by atoms with Gasteiger partial charge in [0.15, 0.2) is 0 Å². The average molecular weight is 1930 g/mol. The van der Waals surface area contributed by atoms with Gasteiger partial charge in [-0.2, -0.15) is 20.4 Å². The molecule has 5 amide bonds. The Kier molecular flexibility index (Phi) is 28.0. The standard InChI is InChI=1S/C29H36N6O3.C27H31F2N5O2.2C27H33N5O2/c1-19(36)33-12-8-26-25(18-33)28(31-35(26)22-9-13-38-14-10-22)23-6-4-5-20-15-27(30-16-24(20)23)34-11-7-21(17-34)29(37)32(2)3;1-17(35)32-10-6-24-23(16-32)26(31-34(24)20-7-11-36-12-8-20)21-4-2-3-18-13-25(30-14-22(18)21)33-9-5-19(15-33)27(28)29;2*1-18-6-10-31(16-18)26-14-20-4-3-5-22(23(20)15-28-26)27-24-17-30(19(2)33)11-7-25(24)32(29-27)21-8-12-34-13-9-21/h4-6,15-16,21-22H,7-14,17-18H2,1-3H3;2-4,13-14,19-20,27H,5-12,15-16H2,1H3;2*3-5,14-15,18,21H,6-13,16-17H2,1-2H3/t;;2*18-/m..10/s1. The van der Waals surface area contributed by atoms with E-state index in [0.29, 0.717) is 94.8 Å². The first kappa shape index (κ1) is 95.8. The Morgan fingerprint density at radius 1 is 0.345 bits per heavy atom. The molecule has 32 heteroatoms. The van der Waals surface area contributed by atoms with Crippen LogP contribution < -0.4 is 19.6 Å². The maximum Gasteiger partial charge on any atom is 0.243 e. The Morgan fingerprint density at radius 2 is 0.613 bits per heavy atom. The Balaban J connectivity index is 0.000000112. The minimum Gasteiger partial charge on any atom is -0.381 e. The summed E-state index contributed by atoms with van der Waals surface area (Å²) in [5.74, 6) is 5.21. The van der Waals surface area contributed by atoms with Gasteiger partial charge >= 0.3 is 0 Å². The van der Waals surface area contributed by atoms with Gasteiger partial charge in [0.05, 0.1) is 52.9 Å². The van der Waals surface area contributed by atoms with Crippen molar-refractivity contribution in [2.75, 3.05) is 165 Å². The van der Waals surface area contributed by atoms with Gasteiger partial charge in [-0.15, -0.1) is 0 Å². The summed E-state index contributed by atoms with van der Waals surface area (Å²) in [7, 11) is 3.64. The number of amides is 5. The highest BCUT2D eigenvalue weighted by atomic mass is 19.3. The molecule has 24 rings (SSSR count). The molecule has 8 fully saturated rings. The number of pyridine rings is 4. The molecule has 4 aromatic carbocycles. The first-order valence-corrected chi connectivity index (χ1v) is 51.9. The first-order valence-electron chi connectivity index (χ1n) is 51.9. The number of carbonyl (C=O) groups is 5. The van der Waals surface area contributed by atoms with Crippen LogP contribution >= 0.6 is 0 Å². The van der Waals surface area contributed by atoms with E-state index in [1.165, 1.54) is 57.5 Å². The minimum atomic E-state index is -2.30. The molecule has 0 aliphatic carbocycles. The van der Waals surface area contributed by atoms with Gasteiger partial charge in [0, 0.05) is 345 Å². The molecular weight excluding hydrogens is 1800 g/mol. The van der Waals surface area contributed by atoms with Crippen molar-refractivity contribution in [1.82, 2.24) is 83.6 Å². The highest BCUT2D eigenvalue weighted by Gasteiger charge is 2.40. The second kappa shape index (κ2) is 41.5. The number of benzene rings is 4. The van der Waals surface area contributed by atoms with Crippen molar-refractivity contribution in [2.24, 2.45) is 23.7 Å². The molecule has 0 saturated carbocycles. The normalized spacial score (nSPS) is 20.9. The van der Waals surface area contributed by atoms with Gasteiger partial charge < -0.3 is 63.0 Å².